The molecule has 2 aromatic carbocycles. The van der Waals surface area contributed by atoms with Crippen LogP contribution < -0.4 is 16.0 Å². The van der Waals surface area contributed by atoms with E-state index in [1.807, 2.05) is 42.5 Å². The van der Waals surface area contributed by atoms with Gasteiger partial charge in [-0.15, -0.1) is 23.1 Å². The van der Waals surface area contributed by atoms with Crippen LogP contribution in [0.25, 0.3) is 6.08 Å². The van der Waals surface area contributed by atoms with E-state index in [4.69, 9.17) is 10.6 Å². The van der Waals surface area contributed by atoms with Crippen molar-refractivity contribution in [2.24, 2.45) is 5.16 Å². The van der Waals surface area contributed by atoms with Gasteiger partial charge in [0.25, 0.3) is 17.9 Å². The minimum atomic E-state index is -2.43. The number of nitrogens with two attached hydrogens (primary N) is 1. The zero-order valence-corrected chi connectivity index (χ0v) is 27.5. The van der Waals surface area contributed by atoms with Crippen LogP contribution in [0.1, 0.15) is 22.9 Å². The molecule has 15 nitrogen and oxygen atoms in total. The van der Waals surface area contributed by atoms with E-state index in [1.54, 1.807) is 6.08 Å². The van der Waals surface area contributed by atoms with Crippen molar-refractivity contribution in [3.05, 3.63) is 93.7 Å². The fourth-order valence-corrected chi connectivity index (χ4v) is 7.42. The molecule has 0 aliphatic carbocycles. The highest BCUT2D eigenvalue weighted by molar-refractivity contribution is 8.00. The Labute approximate surface area is 294 Å². The van der Waals surface area contributed by atoms with E-state index >= 15 is 0 Å². The molecule has 1 saturated heterocycles. The van der Waals surface area contributed by atoms with Crippen molar-refractivity contribution in [3.8, 4) is 11.5 Å². The van der Waals surface area contributed by atoms with Crippen LogP contribution in [0.15, 0.2) is 70.4 Å². The molecule has 0 radical (unpaired) electrons. The zero-order chi connectivity index (χ0) is 36.6. The lowest BCUT2D eigenvalue weighted by atomic mass is 10.0. The molecular weight excluding hydrogens is 715 g/mol. The first-order chi connectivity index (χ1) is 24.4. The van der Waals surface area contributed by atoms with E-state index in [1.165, 1.54) is 17.1 Å². The predicted molar refractivity (Wildman–Crippen MR) is 181 cm³/mol. The summed E-state index contributed by atoms with van der Waals surface area (Å²) in [6, 6.07) is 6.85. The molecule has 4 heterocycles. The van der Waals surface area contributed by atoms with Gasteiger partial charge in [0.15, 0.2) is 34.0 Å². The van der Waals surface area contributed by atoms with Crippen molar-refractivity contribution < 1.29 is 53.2 Å². The molecule has 264 valence electrons. The monoisotopic (exact) mass is 740 g/mol. The number of aromatic hydroxyl groups is 2. The molecule has 3 unspecified atom stereocenters. The third-order valence-corrected chi connectivity index (χ3v) is 9.94. The Morgan fingerprint density at radius 1 is 1.20 bits per heavy atom. The molecule has 51 heavy (non-hydrogen) atoms. The number of aromatic nitrogens is 1. The maximum atomic E-state index is 14.6. The number of anilines is 2. The number of carboxylic acids is 2. The summed E-state index contributed by atoms with van der Waals surface area (Å²) in [4.78, 5) is 63.2. The number of carbonyl (C=O) groups excluding carboxylic acids is 2. The van der Waals surface area contributed by atoms with Crippen LogP contribution >= 0.6 is 23.1 Å². The van der Waals surface area contributed by atoms with Gasteiger partial charge in [-0.05, 0) is 23.3 Å². The number of nitrogens with zero attached hydrogens (tertiary/aromatic N) is 4. The molecule has 0 saturated carbocycles. The normalized spacial score (nSPS) is 19.0. The highest BCUT2D eigenvalue weighted by Gasteiger charge is 2.54. The summed E-state index contributed by atoms with van der Waals surface area (Å²) >= 11 is 2.06. The standard InChI is InChI=1S/C32H26F2N6O9S2/c33-17-11-16(20(34)25(42)24(17)41)26(31(47)48)49-38-21(18-13-51-32(35)36-18)27(43)37-22-28(44)40-23(30(45)46)15(12-50-29(22)40)7-4-10-39-9-3-6-14-5-1-2-8-19(14)39/h1-8,11,13,22,26,29,41-42H,9-10,12H2,(H2,35,36)(H,37,43)(H,45,46)(H,47,48). The second-order valence-electron chi connectivity index (χ2n) is 11.1. The van der Waals surface area contributed by atoms with Crippen LogP contribution in [-0.4, -0.2) is 90.0 Å². The van der Waals surface area contributed by atoms with Crippen LogP contribution in [0.5, 0.6) is 11.5 Å². The number of nitrogens with one attached hydrogen (secondary N) is 1. The van der Waals surface area contributed by atoms with Crippen molar-refractivity contribution in [1.82, 2.24) is 15.2 Å². The van der Waals surface area contributed by atoms with Gasteiger partial charge in [0.2, 0.25) is 0 Å². The number of amides is 2. The van der Waals surface area contributed by atoms with Gasteiger partial charge in [0.05, 0.1) is 0 Å². The highest BCUT2D eigenvalue weighted by atomic mass is 32.2. The largest absolute Gasteiger partial charge is 0.502 e. The minimum absolute atomic E-state index is 0.0385. The van der Waals surface area contributed by atoms with E-state index in [0.717, 1.165) is 27.5 Å². The van der Waals surface area contributed by atoms with E-state index in [-0.39, 0.29) is 28.3 Å². The molecule has 3 aromatic rings. The molecule has 3 aliphatic rings. The molecule has 0 bridgehead atoms. The summed E-state index contributed by atoms with van der Waals surface area (Å²) < 4.78 is 28.7. The quantitative estimate of drug-likeness (QED) is 0.0720. The molecular formula is C32H26F2N6O9S2. The average molecular weight is 741 g/mol. The van der Waals surface area contributed by atoms with Crippen molar-refractivity contribution in [1.29, 1.82) is 0 Å². The lowest BCUT2D eigenvalue weighted by molar-refractivity contribution is -0.151. The summed E-state index contributed by atoms with van der Waals surface area (Å²) in [7, 11) is 0. The molecule has 19 heteroatoms. The lowest BCUT2D eigenvalue weighted by Crippen LogP contribution is -2.71. The lowest BCUT2D eigenvalue weighted by Gasteiger charge is -2.49. The Kier molecular flexibility index (Phi) is 9.66. The first-order valence-electron chi connectivity index (χ1n) is 14.8. The molecule has 6 rings (SSSR count). The zero-order valence-electron chi connectivity index (χ0n) is 25.9. The number of para-hydroxylation sites is 1. The fraction of sp³-hybridized carbons (Fsp3) is 0.188. The Balaban J connectivity index is 1.20. The van der Waals surface area contributed by atoms with E-state index in [2.05, 4.69) is 20.4 Å². The van der Waals surface area contributed by atoms with Crippen LogP contribution in [0.4, 0.5) is 19.6 Å². The number of nitrogen functional groups attached to an aromatic ring is 1. The van der Waals surface area contributed by atoms with Gasteiger partial charge in [-0.3, -0.25) is 14.5 Å². The van der Waals surface area contributed by atoms with Crippen molar-refractivity contribution in [2.45, 2.75) is 17.5 Å². The summed E-state index contributed by atoms with van der Waals surface area (Å²) in [6.07, 6.45) is 5.08. The summed E-state index contributed by atoms with van der Waals surface area (Å²) in [6.45, 7) is 1.13. The van der Waals surface area contributed by atoms with Gasteiger partial charge < -0.3 is 41.2 Å². The minimum Gasteiger partial charge on any atom is -0.502 e. The Bertz CT molecular complexity index is 2080. The number of benzene rings is 2. The van der Waals surface area contributed by atoms with Gasteiger partial charge in [0.1, 0.15) is 22.8 Å². The van der Waals surface area contributed by atoms with E-state index < -0.39 is 75.7 Å². The number of aliphatic carboxylic acids is 2. The van der Waals surface area contributed by atoms with Crippen LogP contribution in [-0.2, 0) is 24.0 Å². The number of hydrogen-bond donors (Lipinski definition) is 6. The maximum Gasteiger partial charge on any atom is 0.352 e. The first-order valence-corrected chi connectivity index (χ1v) is 16.8. The van der Waals surface area contributed by atoms with Gasteiger partial charge in [-0.25, -0.2) is 23.4 Å². The third-order valence-electron chi connectivity index (χ3n) is 7.96. The number of carbonyl (C=O) groups is 4. The van der Waals surface area contributed by atoms with E-state index in [0.29, 0.717) is 18.7 Å². The third kappa shape index (κ3) is 6.67. The molecule has 1 aromatic heterocycles. The molecule has 3 aliphatic heterocycles. The van der Waals surface area contributed by atoms with Crippen LogP contribution in [0, 0.1) is 11.6 Å². The van der Waals surface area contributed by atoms with Gasteiger partial charge >= 0.3 is 11.9 Å². The maximum absolute atomic E-state index is 14.6. The number of β-lactam (4-membered cyclic amide) rings is 1. The number of fused-ring (bicyclic) bond motifs is 2. The average Bonchev–Trinajstić information content (AvgIpc) is 3.54. The number of oxime groups is 1. The van der Waals surface area contributed by atoms with Gasteiger partial charge in [0, 0.05) is 35.5 Å². The SMILES string of the molecule is Nc1nc(C(=NOC(C(=O)O)c2cc(F)c(O)c(O)c2F)C(=O)NC2C(=O)N3C(C(=O)O)=C(C=CCN4CC=Cc5ccccc54)CSC23)cs1. The Hall–Kier alpha value is -5.95. The predicted octanol–water partition coefficient (Wildman–Crippen LogP) is 2.79. The molecule has 0 spiro atoms. The van der Waals surface area contributed by atoms with Crippen molar-refractivity contribution in [3.63, 3.8) is 0 Å². The van der Waals surface area contributed by atoms with Gasteiger partial charge in [-0.1, -0.05) is 47.7 Å². The number of halogens is 2. The number of rotatable bonds is 11. The summed E-state index contributed by atoms with van der Waals surface area (Å²) in [5, 5.41) is 45.2. The number of thioether (sulfide) groups is 1. The highest BCUT2D eigenvalue weighted by Crippen LogP contribution is 2.41. The molecule has 2 amide bonds. The van der Waals surface area contributed by atoms with Crippen LogP contribution in [0.2, 0.25) is 0 Å². The smallest absolute Gasteiger partial charge is 0.352 e. The second kappa shape index (κ2) is 14.1. The van der Waals surface area contributed by atoms with Crippen LogP contribution in [0.3, 0.4) is 0 Å². The Morgan fingerprint density at radius 3 is 2.67 bits per heavy atom. The molecule has 1 fully saturated rings. The number of carboxylic acid groups (broad SMARTS) is 2. The van der Waals surface area contributed by atoms with Crippen molar-refractivity contribution >= 4 is 69.5 Å². The Morgan fingerprint density at radius 2 is 1.96 bits per heavy atom. The molecule has 3 atom stereocenters. The van der Waals surface area contributed by atoms with Crippen molar-refractivity contribution in [2.75, 3.05) is 29.5 Å². The summed E-state index contributed by atoms with van der Waals surface area (Å²) in [5.41, 5.74) is 5.90. The molecule has 7 N–H and O–H groups in total. The van der Waals surface area contributed by atoms with Gasteiger partial charge in [-0.2, -0.15) is 0 Å². The number of hydrogen-bond acceptors (Lipinski definition) is 13. The number of allylic oxidation sites excluding steroid dienone is 1. The first kappa shape index (κ1) is 34.9. The second-order valence-corrected chi connectivity index (χ2v) is 13.1. The number of phenolic OH excluding ortho intramolecular Hbond substituents is 2. The number of phenols is 2. The van der Waals surface area contributed by atoms with E-state index in [9.17, 15) is 48.4 Å². The fourth-order valence-electron chi connectivity index (χ4n) is 5.55. The number of thiazole rings is 1. The topological polar surface area (TPSA) is 228 Å². The summed E-state index contributed by atoms with van der Waals surface area (Å²) in [5.74, 6) is -11.3.